The van der Waals surface area contributed by atoms with E-state index in [1.807, 2.05) is 0 Å². The number of hydrogen-bond donors (Lipinski definition) is 0. The van der Waals surface area contributed by atoms with Gasteiger partial charge in [-0.2, -0.15) is 0 Å². The fourth-order valence-electron chi connectivity index (χ4n) is 0.838. The summed E-state index contributed by atoms with van der Waals surface area (Å²) in [4.78, 5) is 21.6. The van der Waals surface area contributed by atoms with Gasteiger partial charge in [0, 0.05) is 20.0 Å². The largest absolute Gasteiger partial charge is 0.469 e. The highest BCUT2D eigenvalue weighted by Crippen LogP contribution is 2.02. The van der Waals surface area contributed by atoms with Crippen LogP contribution in [0.4, 0.5) is 0 Å². The minimum Gasteiger partial charge on any atom is -0.469 e. The minimum atomic E-state index is -0.309. The molecule has 5 heteroatoms. The van der Waals surface area contributed by atoms with E-state index in [0.717, 1.165) is 0 Å². The Labute approximate surface area is 83.3 Å². The van der Waals surface area contributed by atoms with Crippen molar-refractivity contribution in [3.8, 4) is 0 Å². The second kappa shape index (κ2) is 8.50. The van der Waals surface area contributed by atoms with Gasteiger partial charge < -0.3 is 14.2 Å². The van der Waals surface area contributed by atoms with Crippen molar-refractivity contribution in [1.82, 2.24) is 0 Å². The molecular weight excluding hydrogens is 188 g/mol. The summed E-state index contributed by atoms with van der Waals surface area (Å²) >= 11 is 0. The molecule has 0 atom stereocenters. The van der Waals surface area contributed by atoms with Gasteiger partial charge in [0.2, 0.25) is 0 Å². The lowest BCUT2D eigenvalue weighted by atomic mass is 10.2. The summed E-state index contributed by atoms with van der Waals surface area (Å²) in [5, 5.41) is 0. The Morgan fingerprint density at radius 2 is 1.57 bits per heavy atom. The van der Waals surface area contributed by atoms with Gasteiger partial charge in [-0.3, -0.25) is 9.59 Å². The zero-order chi connectivity index (χ0) is 10.8. The van der Waals surface area contributed by atoms with Crippen molar-refractivity contribution in [2.75, 3.05) is 21.0 Å². The van der Waals surface area contributed by atoms with Gasteiger partial charge in [0.15, 0.2) is 6.79 Å². The summed E-state index contributed by atoms with van der Waals surface area (Å²) in [5.41, 5.74) is 0. The Morgan fingerprint density at radius 3 is 2.07 bits per heavy atom. The number of esters is 2. The molecule has 0 aromatic rings. The van der Waals surface area contributed by atoms with Crippen molar-refractivity contribution < 1.29 is 23.8 Å². The van der Waals surface area contributed by atoms with E-state index in [4.69, 9.17) is 0 Å². The first kappa shape index (κ1) is 12.9. The van der Waals surface area contributed by atoms with Crippen LogP contribution in [-0.4, -0.2) is 33.0 Å². The SMILES string of the molecule is COCOC(=O)CCCCC(=O)OC. The molecule has 0 amide bonds. The van der Waals surface area contributed by atoms with Crippen LogP contribution in [0, 0.1) is 0 Å². The highest BCUT2D eigenvalue weighted by molar-refractivity contribution is 5.70. The quantitative estimate of drug-likeness (QED) is 0.350. The Hall–Kier alpha value is -1.10. The fourth-order valence-corrected chi connectivity index (χ4v) is 0.838. The predicted octanol–water partition coefficient (Wildman–Crippen LogP) is 0.867. The molecular formula is C9H16O5. The van der Waals surface area contributed by atoms with Crippen molar-refractivity contribution >= 4 is 11.9 Å². The second-order valence-corrected chi connectivity index (χ2v) is 2.71. The zero-order valence-electron chi connectivity index (χ0n) is 8.58. The maximum Gasteiger partial charge on any atom is 0.307 e. The van der Waals surface area contributed by atoms with Crippen LogP contribution < -0.4 is 0 Å². The third-order valence-corrected chi connectivity index (χ3v) is 1.58. The first-order valence-electron chi connectivity index (χ1n) is 4.42. The Kier molecular flexibility index (Phi) is 7.83. The fraction of sp³-hybridized carbons (Fsp3) is 0.778. The Morgan fingerprint density at radius 1 is 1.00 bits per heavy atom. The predicted molar refractivity (Wildman–Crippen MR) is 48.5 cm³/mol. The molecule has 0 radical (unpaired) electrons. The smallest absolute Gasteiger partial charge is 0.307 e. The van der Waals surface area contributed by atoms with Crippen LogP contribution in [0.15, 0.2) is 0 Å². The number of unbranched alkanes of at least 4 members (excludes halogenated alkanes) is 1. The van der Waals surface area contributed by atoms with E-state index >= 15 is 0 Å². The van der Waals surface area contributed by atoms with E-state index in [9.17, 15) is 9.59 Å². The molecule has 0 aliphatic carbocycles. The van der Waals surface area contributed by atoms with Gasteiger partial charge in [-0.15, -0.1) is 0 Å². The van der Waals surface area contributed by atoms with Gasteiger partial charge in [-0.05, 0) is 12.8 Å². The first-order valence-corrected chi connectivity index (χ1v) is 4.42. The molecule has 5 nitrogen and oxygen atoms in total. The van der Waals surface area contributed by atoms with Crippen LogP contribution in [0.2, 0.25) is 0 Å². The van der Waals surface area contributed by atoms with Gasteiger partial charge in [0.05, 0.1) is 7.11 Å². The van der Waals surface area contributed by atoms with E-state index in [2.05, 4.69) is 14.2 Å². The number of methoxy groups -OCH3 is 2. The van der Waals surface area contributed by atoms with Crippen LogP contribution >= 0.6 is 0 Å². The van der Waals surface area contributed by atoms with Crippen molar-refractivity contribution in [3.63, 3.8) is 0 Å². The lowest BCUT2D eigenvalue weighted by Gasteiger charge is -2.02. The number of carbonyl (C=O) groups excluding carboxylic acids is 2. The monoisotopic (exact) mass is 204 g/mol. The summed E-state index contributed by atoms with van der Waals surface area (Å²) in [5.74, 6) is -0.563. The van der Waals surface area contributed by atoms with Gasteiger partial charge in [0.1, 0.15) is 0 Å². The molecule has 14 heavy (non-hydrogen) atoms. The van der Waals surface area contributed by atoms with E-state index < -0.39 is 0 Å². The van der Waals surface area contributed by atoms with Crippen LogP contribution in [0.1, 0.15) is 25.7 Å². The van der Waals surface area contributed by atoms with Crippen molar-refractivity contribution in [3.05, 3.63) is 0 Å². The molecule has 0 saturated carbocycles. The lowest BCUT2D eigenvalue weighted by molar-refractivity contribution is -0.154. The van der Waals surface area contributed by atoms with Gasteiger partial charge in [-0.1, -0.05) is 0 Å². The van der Waals surface area contributed by atoms with Crippen LogP contribution in [0.5, 0.6) is 0 Å². The first-order chi connectivity index (χ1) is 6.70. The van der Waals surface area contributed by atoms with E-state index in [1.165, 1.54) is 14.2 Å². The summed E-state index contributed by atoms with van der Waals surface area (Å²) in [7, 11) is 2.79. The molecule has 0 N–H and O–H groups in total. The molecule has 0 rings (SSSR count). The number of rotatable bonds is 7. The normalized spacial score (nSPS) is 9.57. The molecule has 0 aliphatic rings. The average Bonchev–Trinajstić information content (AvgIpc) is 2.21. The molecule has 0 saturated heterocycles. The topological polar surface area (TPSA) is 61.8 Å². The van der Waals surface area contributed by atoms with Crippen LogP contribution in [0.25, 0.3) is 0 Å². The standard InChI is InChI=1S/C9H16O5/c1-12-7-14-9(11)6-4-3-5-8(10)13-2/h3-7H2,1-2H3. The molecule has 0 fully saturated rings. The minimum absolute atomic E-state index is 0.0180. The molecule has 0 aromatic heterocycles. The molecule has 0 bridgehead atoms. The maximum atomic E-state index is 10.9. The van der Waals surface area contributed by atoms with E-state index in [0.29, 0.717) is 25.7 Å². The maximum absolute atomic E-state index is 10.9. The van der Waals surface area contributed by atoms with Crippen molar-refractivity contribution in [2.24, 2.45) is 0 Å². The molecule has 82 valence electrons. The van der Waals surface area contributed by atoms with Crippen LogP contribution in [-0.2, 0) is 23.8 Å². The zero-order valence-corrected chi connectivity index (χ0v) is 8.58. The Bertz CT molecular complexity index is 178. The third kappa shape index (κ3) is 7.54. The highest BCUT2D eigenvalue weighted by Gasteiger charge is 2.04. The summed E-state index contributed by atoms with van der Waals surface area (Å²) in [6, 6.07) is 0. The molecule has 0 heterocycles. The van der Waals surface area contributed by atoms with Crippen molar-refractivity contribution in [1.29, 1.82) is 0 Å². The summed E-state index contributed by atoms with van der Waals surface area (Å²) in [6.45, 7) is -0.0180. The van der Waals surface area contributed by atoms with Gasteiger partial charge >= 0.3 is 11.9 Å². The van der Waals surface area contributed by atoms with E-state index in [1.54, 1.807) is 0 Å². The molecule has 0 spiro atoms. The number of ether oxygens (including phenoxy) is 3. The second-order valence-electron chi connectivity index (χ2n) is 2.71. The van der Waals surface area contributed by atoms with Gasteiger partial charge in [0.25, 0.3) is 0 Å². The Balaban J connectivity index is 3.27. The number of hydrogen-bond acceptors (Lipinski definition) is 5. The van der Waals surface area contributed by atoms with Crippen molar-refractivity contribution in [2.45, 2.75) is 25.7 Å². The van der Waals surface area contributed by atoms with Crippen LogP contribution in [0.3, 0.4) is 0 Å². The summed E-state index contributed by atoms with van der Waals surface area (Å²) < 4.78 is 13.7. The average molecular weight is 204 g/mol. The molecule has 0 unspecified atom stereocenters. The lowest BCUT2D eigenvalue weighted by Crippen LogP contribution is -2.07. The highest BCUT2D eigenvalue weighted by atomic mass is 16.7. The summed E-state index contributed by atoms with van der Waals surface area (Å²) in [6.07, 6.45) is 1.90. The van der Waals surface area contributed by atoms with E-state index in [-0.39, 0.29) is 18.7 Å². The van der Waals surface area contributed by atoms with Gasteiger partial charge in [-0.25, -0.2) is 0 Å². The number of carbonyl (C=O) groups is 2. The molecule has 0 aliphatic heterocycles. The molecule has 0 aromatic carbocycles. The third-order valence-electron chi connectivity index (χ3n) is 1.58.